The van der Waals surface area contributed by atoms with Gasteiger partial charge in [-0.05, 0) is 44.4 Å². The van der Waals surface area contributed by atoms with Gasteiger partial charge in [0.05, 0.1) is 10.0 Å². The Bertz CT molecular complexity index is 433. The summed E-state index contributed by atoms with van der Waals surface area (Å²) < 4.78 is 0. The summed E-state index contributed by atoms with van der Waals surface area (Å²) in [5.74, 6) is 0.0516. The molecule has 0 spiro atoms. The van der Waals surface area contributed by atoms with E-state index < -0.39 is 0 Å². The minimum Gasteiger partial charge on any atom is -0.336 e. The van der Waals surface area contributed by atoms with Crippen LogP contribution in [0.4, 0.5) is 0 Å². The summed E-state index contributed by atoms with van der Waals surface area (Å²) in [5.41, 5.74) is 0.619. The number of likely N-dealkylation sites (tertiary alicyclic amines) is 1. The molecule has 2 nitrogen and oxygen atoms in total. The second-order valence-electron chi connectivity index (χ2n) is 4.47. The summed E-state index contributed by atoms with van der Waals surface area (Å²) in [6.07, 6.45) is 3.36. The first-order valence-electron chi connectivity index (χ1n) is 5.85. The average Bonchev–Trinajstić information content (AvgIpc) is 2.32. The Labute approximate surface area is 112 Å². The molecule has 1 aromatic carbocycles. The van der Waals surface area contributed by atoms with E-state index in [0.717, 1.165) is 19.4 Å². The average molecular weight is 272 g/mol. The molecule has 4 heteroatoms. The number of carbonyl (C=O) groups is 1. The lowest BCUT2D eigenvalue weighted by Gasteiger charge is -2.33. The number of carbonyl (C=O) groups excluding carboxylic acids is 1. The van der Waals surface area contributed by atoms with Crippen LogP contribution in [-0.4, -0.2) is 23.4 Å². The summed E-state index contributed by atoms with van der Waals surface area (Å²) in [5, 5.41) is 0.914. The molecule has 1 saturated heterocycles. The Hall–Kier alpha value is -0.730. The Balaban J connectivity index is 2.21. The van der Waals surface area contributed by atoms with Gasteiger partial charge in [-0.25, -0.2) is 0 Å². The fraction of sp³-hybridized carbons (Fsp3) is 0.462. The van der Waals surface area contributed by atoms with Gasteiger partial charge in [0.15, 0.2) is 0 Å². The second kappa shape index (κ2) is 5.28. The molecular weight excluding hydrogens is 257 g/mol. The van der Waals surface area contributed by atoms with Crippen LogP contribution in [0.1, 0.15) is 36.5 Å². The zero-order valence-electron chi connectivity index (χ0n) is 9.75. The number of halogens is 2. The molecule has 0 aliphatic carbocycles. The molecule has 1 heterocycles. The maximum Gasteiger partial charge on any atom is 0.254 e. The first-order valence-corrected chi connectivity index (χ1v) is 6.61. The maximum atomic E-state index is 12.3. The van der Waals surface area contributed by atoms with E-state index in [1.54, 1.807) is 18.2 Å². The molecule has 1 aliphatic heterocycles. The lowest BCUT2D eigenvalue weighted by molar-refractivity contribution is 0.0635. The first kappa shape index (κ1) is 12.7. The maximum absolute atomic E-state index is 12.3. The summed E-state index contributed by atoms with van der Waals surface area (Å²) in [7, 11) is 0. The molecule has 0 N–H and O–H groups in total. The smallest absolute Gasteiger partial charge is 0.254 e. The minimum absolute atomic E-state index is 0.0516. The highest BCUT2D eigenvalue weighted by molar-refractivity contribution is 6.42. The number of benzene rings is 1. The zero-order chi connectivity index (χ0) is 12.4. The number of piperidine rings is 1. The number of nitrogens with zero attached hydrogens (tertiary/aromatic N) is 1. The van der Waals surface area contributed by atoms with Crippen LogP contribution in [0.3, 0.4) is 0 Å². The molecule has 0 bridgehead atoms. The van der Waals surface area contributed by atoms with Gasteiger partial charge in [0.25, 0.3) is 5.91 Å². The van der Waals surface area contributed by atoms with Crippen molar-refractivity contribution in [1.29, 1.82) is 0 Å². The molecule has 2 rings (SSSR count). The van der Waals surface area contributed by atoms with E-state index in [2.05, 4.69) is 6.92 Å². The van der Waals surface area contributed by atoms with Crippen molar-refractivity contribution in [1.82, 2.24) is 4.90 Å². The number of amides is 1. The predicted molar refractivity (Wildman–Crippen MR) is 70.8 cm³/mol. The minimum atomic E-state index is 0.0516. The van der Waals surface area contributed by atoms with Crippen LogP contribution >= 0.6 is 23.2 Å². The van der Waals surface area contributed by atoms with E-state index in [4.69, 9.17) is 23.2 Å². The molecule has 1 fully saturated rings. The molecular formula is C13H15Cl2NO. The third-order valence-corrected chi connectivity index (χ3v) is 3.97. The molecule has 0 aromatic heterocycles. The van der Waals surface area contributed by atoms with Crippen molar-refractivity contribution in [2.75, 3.05) is 6.54 Å². The van der Waals surface area contributed by atoms with E-state index >= 15 is 0 Å². The highest BCUT2D eigenvalue weighted by Gasteiger charge is 2.24. The quantitative estimate of drug-likeness (QED) is 0.756. The third-order valence-electron chi connectivity index (χ3n) is 3.23. The topological polar surface area (TPSA) is 20.3 Å². The molecule has 1 aromatic rings. The predicted octanol–water partition coefficient (Wildman–Crippen LogP) is 4.01. The van der Waals surface area contributed by atoms with Crippen LogP contribution in [0.5, 0.6) is 0 Å². The van der Waals surface area contributed by atoms with E-state index in [0.29, 0.717) is 21.7 Å². The van der Waals surface area contributed by atoms with E-state index in [9.17, 15) is 4.79 Å². The molecule has 1 aliphatic rings. The fourth-order valence-corrected chi connectivity index (χ4v) is 2.49. The second-order valence-corrected chi connectivity index (χ2v) is 5.29. The SMILES string of the molecule is C[C@H]1CCCCN1C(=O)c1ccc(Cl)c(Cl)c1. The Kier molecular flexibility index (Phi) is 3.95. The Morgan fingerprint density at radius 2 is 2.06 bits per heavy atom. The van der Waals surface area contributed by atoms with Crippen LogP contribution in [0, 0.1) is 0 Å². The molecule has 92 valence electrons. The monoisotopic (exact) mass is 271 g/mol. The van der Waals surface area contributed by atoms with Crippen LogP contribution in [0.25, 0.3) is 0 Å². The molecule has 0 unspecified atom stereocenters. The molecule has 1 atom stereocenters. The highest BCUT2D eigenvalue weighted by atomic mass is 35.5. The van der Waals surface area contributed by atoms with E-state index in [-0.39, 0.29) is 5.91 Å². The van der Waals surface area contributed by atoms with Gasteiger partial charge < -0.3 is 4.90 Å². The van der Waals surface area contributed by atoms with Gasteiger partial charge in [-0.1, -0.05) is 23.2 Å². The lowest BCUT2D eigenvalue weighted by Crippen LogP contribution is -2.42. The fourth-order valence-electron chi connectivity index (χ4n) is 2.19. The van der Waals surface area contributed by atoms with Gasteiger partial charge in [-0.15, -0.1) is 0 Å². The number of hydrogen-bond donors (Lipinski definition) is 0. The summed E-state index contributed by atoms with van der Waals surface area (Å²) in [4.78, 5) is 14.2. The molecule has 17 heavy (non-hydrogen) atoms. The van der Waals surface area contributed by atoms with E-state index in [1.165, 1.54) is 6.42 Å². The van der Waals surface area contributed by atoms with Gasteiger partial charge >= 0.3 is 0 Å². The van der Waals surface area contributed by atoms with Gasteiger partial charge in [-0.3, -0.25) is 4.79 Å². The first-order chi connectivity index (χ1) is 8.09. The van der Waals surface area contributed by atoms with Gasteiger partial charge in [0.1, 0.15) is 0 Å². The summed E-state index contributed by atoms with van der Waals surface area (Å²) in [6, 6.07) is 5.36. The normalized spacial score (nSPS) is 20.4. The summed E-state index contributed by atoms with van der Waals surface area (Å²) in [6.45, 7) is 2.93. The van der Waals surface area contributed by atoms with Crippen molar-refractivity contribution in [2.45, 2.75) is 32.2 Å². The number of hydrogen-bond acceptors (Lipinski definition) is 1. The van der Waals surface area contributed by atoms with Gasteiger partial charge in [-0.2, -0.15) is 0 Å². The summed E-state index contributed by atoms with van der Waals surface area (Å²) >= 11 is 11.8. The van der Waals surface area contributed by atoms with Crippen LogP contribution in [0.2, 0.25) is 10.0 Å². The zero-order valence-corrected chi connectivity index (χ0v) is 11.3. The Morgan fingerprint density at radius 1 is 1.29 bits per heavy atom. The standard InChI is InChI=1S/C13H15Cl2NO/c1-9-4-2-3-7-16(9)13(17)10-5-6-11(14)12(15)8-10/h5-6,8-9H,2-4,7H2,1H3/t9-/m0/s1. The van der Waals surface area contributed by atoms with Crippen molar-refractivity contribution in [2.24, 2.45) is 0 Å². The lowest BCUT2D eigenvalue weighted by atomic mass is 10.0. The Morgan fingerprint density at radius 3 is 2.71 bits per heavy atom. The van der Waals surface area contributed by atoms with Crippen LogP contribution in [0.15, 0.2) is 18.2 Å². The molecule has 1 amide bonds. The van der Waals surface area contributed by atoms with Crippen molar-refractivity contribution in [3.05, 3.63) is 33.8 Å². The molecule has 0 radical (unpaired) electrons. The molecule has 0 saturated carbocycles. The number of rotatable bonds is 1. The highest BCUT2D eigenvalue weighted by Crippen LogP contribution is 2.25. The van der Waals surface area contributed by atoms with Crippen LogP contribution in [-0.2, 0) is 0 Å². The van der Waals surface area contributed by atoms with Gasteiger partial charge in [0.2, 0.25) is 0 Å². The van der Waals surface area contributed by atoms with Crippen molar-refractivity contribution in [3.8, 4) is 0 Å². The van der Waals surface area contributed by atoms with Crippen molar-refractivity contribution < 1.29 is 4.79 Å². The third kappa shape index (κ3) is 2.75. The van der Waals surface area contributed by atoms with Crippen molar-refractivity contribution >= 4 is 29.1 Å². The largest absolute Gasteiger partial charge is 0.336 e. The van der Waals surface area contributed by atoms with E-state index in [1.807, 2.05) is 4.90 Å². The van der Waals surface area contributed by atoms with Crippen molar-refractivity contribution in [3.63, 3.8) is 0 Å². The van der Waals surface area contributed by atoms with Gasteiger partial charge in [0, 0.05) is 18.2 Å². The van der Waals surface area contributed by atoms with Crippen LogP contribution < -0.4 is 0 Å².